The molecule has 1 aromatic rings. The van der Waals surface area contributed by atoms with Gasteiger partial charge < -0.3 is 5.32 Å². The molecule has 0 aliphatic carbocycles. The van der Waals surface area contributed by atoms with Crippen LogP contribution in [-0.2, 0) is 4.79 Å². The van der Waals surface area contributed by atoms with Crippen molar-refractivity contribution in [3.05, 3.63) is 30.1 Å². The maximum Gasteiger partial charge on any atom is 0.131 e. The summed E-state index contributed by atoms with van der Waals surface area (Å²) in [6.07, 6.45) is 1.44. The first-order valence-electron chi connectivity index (χ1n) is 5.99. The molecule has 0 saturated heterocycles. The van der Waals surface area contributed by atoms with Gasteiger partial charge in [0.2, 0.25) is 0 Å². The van der Waals surface area contributed by atoms with E-state index in [9.17, 15) is 9.18 Å². The predicted molar refractivity (Wildman–Crippen MR) is 68.6 cm³/mol. The Morgan fingerprint density at radius 1 is 1.29 bits per heavy atom. The quantitative estimate of drug-likeness (QED) is 0.818. The van der Waals surface area contributed by atoms with Gasteiger partial charge in [-0.25, -0.2) is 4.39 Å². The van der Waals surface area contributed by atoms with Gasteiger partial charge in [-0.05, 0) is 43.5 Å². The summed E-state index contributed by atoms with van der Waals surface area (Å²) in [5.41, 5.74) is 0.860. The van der Waals surface area contributed by atoms with E-state index < -0.39 is 0 Å². The highest BCUT2D eigenvalue weighted by atomic mass is 19.1. The average Bonchev–Trinajstić information content (AvgIpc) is 2.19. The number of carbonyl (C=O) groups is 1. The van der Waals surface area contributed by atoms with E-state index in [4.69, 9.17) is 0 Å². The zero-order valence-electron chi connectivity index (χ0n) is 10.7. The highest BCUT2D eigenvalue weighted by Crippen LogP contribution is 2.16. The average molecular weight is 237 g/mol. The fourth-order valence-corrected chi connectivity index (χ4v) is 1.89. The number of hydrogen-bond donors (Lipinski definition) is 1. The maximum absolute atomic E-state index is 12.8. The molecule has 94 valence electrons. The van der Waals surface area contributed by atoms with E-state index in [1.807, 2.05) is 0 Å². The summed E-state index contributed by atoms with van der Waals surface area (Å²) >= 11 is 0. The van der Waals surface area contributed by atoms with E-state index in [1.165, 1.54) is 12.1 Å². The molecule has 0 aromatic heterocycles. The summed E-state index contributed by atoms with van der Waals surface area (Å²) in [6.45, 7) is 5.85. The lowest BCUT2D eigenvalue weighted by Crippen LogP contribution is -2.24. The lowest BCUT2D eigenvalue weighted by atomic mass is 9.99. The number of carbonyl (C=O) groups excluding carboxylic acids is 1. The Kier molecular flexibility index (Phi) is 5.13. The highest BCUT2D eigenvalue weighted by molar-refractivity contribution is 5.76. The molecule has 0 amide bonds. The van der Waals surface area contributed by atoms with Crippen molar-refractivity contribution in [2.24, 2.45) is 5.92 Å². The molecule has 0 bridgehead atoms. The molecule has 0 heterocycles. The Hall–Kier alpha value is -1.38. The van der Waals surface area contributed by atoms with E-state index in [-0.39, 0.29) is 17.6 Å². The minimum absolute atomic E-state index is 0.123. The largest absolute Gasteiger partial charge is 0.382 e. The summed E-state index contributed by atoms with van der Waals surface area (Å²) in [5.74, 6) is 0.445. The van der Waals surface area contributed by atoms with Crippen molar-refractivity contribution in [2.75, 3.05) is 5.32 Å². The fraction of sp³-hybridized carbons (Fsp3) is 0.500. The number of benzene rings is 1. The van der Waals surface area contributed by atoms with Gasteiger partial charge in [-0.1, -0.05) is 13.8 Å². The van der Waals surface area contributed by atoms with Crippen LogP contribution >= 0.6 is 0 Å². The smallest absolute Gasteiger partial charge is 0.131 e. The summed E-state index contributed by atoms with van der Waals surface area (Å²) in [7, 11) is 0. The van der Waals surface area contributed by atoms with E-state index in [0.717, 1.165) is 12.1 Å². The molecular weight excluding hydrogens is 217 g/mol. The van der Waals surface area contributed by atoms with Gasteiger partial charge in [0.1, 0.15) is 11.6 Å². The Labute approximate surface area is 102 Å². The first kappa shape index (κ1) is 13.7. The second kappa shape index (κ2) is 6.38. The minimum atomic E-state index is -0.248. The number of rotatable bonds is 6. The Morgan fingerprint density at radius 3 is 2.35 bits per heavy atom. The third kappa shape index (κ3) is 5.48. The molecule has 2 nitrogen and oxygen atoms in total. The zero-order valence-corrected chi connectivity index (χ0v) is 10.7. The molecule has 0 saturated carbocycles. The van der Waals surface area contributed by atoms with Gasteiger partial charge in [0, 0.05) is 18.2 Å². The third-order valence-corrected chi connectivity index (χ3v) is 2.50. The van der Waals surface area contributed by atoms with Crippen molar-refractivity contribution in [2.45, 2.75) is 39.7 Å². The van der Waals surface area contributed by atoms with Crippen molar-refractivity contribution in [1.82, 2.24) is 0 Å². The van der Waals surface area contributed by atoms with Gasteiger partial charge in [0.05, 0.1) is 0 Å². The van der Waals surface area contributed by atoms with Gasteiger partial charge in [-0.15, -0.1) is 0 Å². The molecule has 0 aliphatic heterocycles. The van der Waals surface area contributed by atoms with Crippen LogP contribution in [0.15, 0.2) is 24.3 Å². The molecule has 0 fully saturated rings. The second-order valence-electron chi connectivity index (χ2n) is 4.88. The van der Waals surface area contributed by atoms with E-state index in [0.29, 0.717) is 12.3 Å². The molecule has 1 unspecified atom stereocenters. The molecule has 1 aromatic carbocycles. The molecular formula is C14H20FNO. The number of ketones is 1. The number of hydrogen-bond acceptors (Lipinski definition) is 2. The topological polar surface area (TPSA) is 29.1 Å². The van der Waals surface area contributed by atoms with Gasteiger partial charge in [0.15, 0.2) is 0 Å². The molecule has 0 aliphatic rings. The van der Waals surface area contributed by atoms with Crippen molar-refractivity contribution in [3.63, 3.8) is 0 Å². The fourth-order valence-electron chi connectivity index (χ4n) is 1.89. The van der Waals surface area contributed by atoms with Crippen LogP contribution in [0, 0.1) is 11.7 Å². The number of halogens is 1. The van der Waals surface area contributed by atoms with Crippen LogP contribution in [0.2, 0.25) is 0 Å². The van der Waals surface area contributed by atoms with E-state index in [1.54, 1.807) is 19.1 Å². The van der Waals surface area contributed by atoms with Crippen LogP contribution in [0.4, 0.5) is 10.1 Å². The lowest BCUT2D eigenvalue weighted by molar-refractivity contribution is -0.117. The molecule has 1 rings (SSSR count). The van der Waals surface area contributed by atoms with E-state index >= 15 is 0 Å². The van der Waals surface area contributed by atoms with Crippen LogP contribution in [0.25, 0.3) is 0 Å². The van der Waals surface area contributed by atoms with Gasteiger partial charge in [-0.2, -0.15) is 0 Å². The Balaban J connectivity index is 2.64. The molecule has 1 N–H and O–H groups in total. The van der Waals surface area contributed by atoms with Crippen LogP contribution in [0.1, 0.15) is 33.6 Å². The SMILES string of the molecule is CC(=O)CC(CC(C)C)Nc1ccc(F)cc1. The molecule has 3 heteroatoms. The Bertz CT molecular complexity index is 359. The molecule has 17 heavy (non-hydrogen) atoms. The predicted octanol–water partition coefficient (Wildman–Crippen LogP) is 3.63. The zero-order chi connectivity index (χ0) is 12.8. The monoisotopic (exact) mass is 237 g/mol. The summed E-state index contributed by atoms with van der Waals surface area (Å²) in [5, 5.41) is 3.28. The summed E-state index contributed by atoms with van der Waals surface area (Å²) in [4.78, 5) is 11.2. The standard InChI is InChI=1S/C14H20FNO/c1-10(2)8-14(9-11(3)17)16-13-6-4-12(15)5-7-13/h4-7,10,14,16H,8-9H2,1-3H3. The van der Waals surface area contributed by atoms with Crippen LogP contribution < -0.4 is 5.32 Å². The van der Waals surface area contributed by atoms with Gasteiger partial charge in [-0.3, -0.25) is 4.79 Å². The summed E-state index contributed by atoms with van der Waals surface area (Å²) in [6, 6.07) is 6.36. The first-order chi connectivity index (χ1) is 7.97. The number of nitrogens with one attached hydrogen (secondary N) is 1. The van der Waals surface area contributed by atoms with Crippen LogP contribution in [-0.4, -0.2) is 11.8 Å². The van der Waals surface area contributed by atoms with Crippen molar-refractivity contribution in [1.29, 1.82) is 0 Å². The van der Waals surface area contributed by atoms with E-state index in [2.05, 4.69) is 19.2 Å². The third-order valence-electron chi connectivity index (χ3n) is 2.50. The van der Waals surface area contributed by atoms with Crippen molar-refractivity contribution in [3.8, 4) is 0 Å². The normalized spacial score (nSPS) is 12.5. The highest BCUT2D eigenvalue weighted by Gasteiger charge is 2.13. The second-order valence-corrected chi connectivity index (χ2v) is 4.88. The number of anilines is 1. The molecule has 1 atom stereocenters. The van der Waals surface area contributed by atoms with Crippen LogP contribution in [0.5, 0.6) is 0 Å². The number of Topliss-reactive ketones (excluding diaryl/α,β-unsaturated/α-hetero) is 1. The minimum Gasteiger partial charge on any atom is -0.382 e. The van der Waals surface area contributed by atoms with Crippen molar-refractivity contribution < 1.29 is 9.18 Å². The molecule has 0 radical (unpaired) electrons. The Morgan fingerprint density at radius 2 is 1.88 bits per heavy atom. The van der Waals surface area contributed by atoms with Crippen LogP contribution in [0.3, 0.4) is 0 Å². The maximum atomic E-state index is 12.8. The lowest BCUT2D eigenvalue weighted by Gasteiger charge is -2.20. The van der Waals surface area contributed by atoms with Gasteiger partial charge >= 0.3 is 0 Å². The van der Waals surface area contributed by atoms with Gasteiger partial charge in [0.25, 0.3) is 0 Å². The first-order valence-corrected chi connectivity index (χ1v) is 5.99. The summed E-state index contributed by atoms with van der Waals surface area (Å²) < 4.78 is 12.8. The van der Waals surface area contributed by atoms with Crippen molar-refractivity contribution >= 4 is 11.5 Å². The molecule has 0 spiro atoms.